The second kappa shape index (κ2) is 16.4. The zero-order valence-corrected chi connectivity index (χ0v) is 23.5. The Kier molecular flexibility index (Phi) is 13.6. The molecule has 0 aliphatic rings. The standard InChI is InChI=1S/C32H50NO3/c1-6-8-9-10-11-13-18-28-21-16-22-30(25-28)35-31(17-7-2)36-32(34)27(3)23-24-33(4,5)26-29-19-14-12-15-20-29/h12,14-16,19-22,25,27,31H,6-11,13,17-18,23-24,26H2,1-5H3/q+1. The van der Waals surface area contributed by atoms with E-state index in [0.29, 0.717) is 6.42 Å². The topological polar surface area (TPSA) is 35.5 Å². The third-order valence-corrected chi connectivity index (χ3v) is 6.78. The Morgan fingerprint density at radius 1 is 0.833 bits per heavy atom. The van der Waals surface area contributed by atoms with Crippen molar-refractivity contribution < 1.29 is 18.8 Å². The molecule has 0 saturated carbocycles. The van der Waals surface area contributed by atoms with Crippen LogP contribution in [0, 0.1) is 5.92 Å². The third kappa shape index (κ3) is 12.1. The number of unbranched alkanes of at least 4 members (excludes halogenated alkanes) is 5. The summed E-state index contributed by atoms with van der Waals surface area (Å²) in [5.74, 6) is 0.453. The smallest absolute Gasteiger partial charge is 0.311 e. The van der Waals surface area contributed by atoms with Gasteiger partial charge in [0.1, 0.15) is 12.3 Å². The van der Waals surface area contributed by atoms with Crippen molar-refractivity contribution in [2.24, 2.45) is 5.92 Å². The monoisotopic (exact) mass is 496 g/mol. The molecule has 2 aromatic rings. The number of nitrogens with zero attached hydrogens (tertiary/aromatic N) is 1. The van der Waals surface area contributed by atoms with E-state index in [4.69, 9.17) is 9.47 Å². The van der Waals surface area contributed by atoms with E-state index in [1.165, 1.54) is 49.7 Å². The number of carbonyl (C=O) groups excluding carboxylic acids is 1. The number of carbonyl (C=O) groups is 1. The van der Waals surface area contributed by atoms with Crippen LogP contribution in [-0.4, -0.2) is 37.4 Å². The Morgan fingerprint density at radius 3 is 2.25 bits per heavy atom. The maximum Gasteiger partial charge on any atom is 0.311 e. The first-order valence-corrected chi connectivity index (χ1v) is 14.1. The predicted molar refractivity (Wildman–Crippen MR) is 150 cm³/mol. The minimum Gasteiger partial charge on any atom is -0.455 e. The first kappa shape index (κ1) is 29.9. The van der Waals surface area contributed by atoms with Gasteiger partial charge in [0.05, 0.1) is 26.6 Å². The largest absolute Gasteiger partial charge is 0.455 e. The third-order valence-electron chi connectivity index (χ3n) is 6.78. The van der Waals surface area contributed by atoms with Crippen molar-refractivity contribution in [3.05, 3.63) is 65.7 Å². The number of rotatable bonds is 18. The molecule has 2 atom stereocenters. The van der Waals surface area contributed by atoms with Gasteiger partial charge >= 0.3 is 5.97 Å². The lowest BCUT2D eigenvalue weighted by Gasteiger charge is -2.31. The van der Waals surface area contributed by atoms with Gasteiger partial charge in [0.15, 0.2) is 0 Å². The Bertz CT molecular complexity index is 865. The summed E-state index contributed by atoms with van der Waals surface area (Å²) in [5.41, 5.74) is 2.60. The van der Waals surface area contributed by atoms with E-state index >= 15 is 0 Å². The summed E-state index contributed by atoms with van der Waals surface area (Å²) in [6.07, 6.45) is 10.7. The molecule has 2 rings (SSSR count). The van der Waals surface area contributed by atoms with Gasteiger partial charge in [-0.15, -0.1) is 0 Å². The van der Waals surface area contributed by atoms with Crippen LogP contribution in [0.2, 0.25) is 0 Å². The lowest BCUT2D eigenvalue weighted by Crippen LogP contribution is -2.41. The molecule has 36 heavy (non-hydrogen) atoms. The zero-order chi connectivity index (χ0) is 26.2. The van der Waals surface area contributed by atoms with Crippen LogP contribution < -0.4 is 4.74 Å². The van der Waals surface area contributed by atoms with Crippen molar-refractivity contribution >= 4 is 5.97 Å². The molecule has 0 heterocycles. The number of hydrogen-bond donors (Lipinski definition) is 0. The summed E-state index contributed by atoms with van der Waals surface area (Å²) >= 11 is 0. The highest BCUT2D eigenvalue weighted by molar-refractivity contribution is 5.72. The maximum atomic E-state index is 12.9. The molecular formula is C32H50NO3+. The fraction of sp³-hybridized carbons (Fsp3) is 0.594. The minimum atomic E-state index is -0.541. The molecule has 0 aromatic heterocycles. The fourth-order valence-corrected chi connectivity index (χ4v) is 4.48. The van der Waals surface area contributed by atoms with Crippen molar-refractivity contribution in [3.8, 4) is 5.75 Å². The molecule has 0 fully saturated rings. The van der Waals surface area contributed by atoms with Crippen molar-refractivity contribution in [1.29, 1.82) is 0 Å². The molecule has 2 unspecified atom stereocenters. The van der Waals surface area contributed by atoms with Crippen LogP contribution in [0.3, 0.4) is 0 Å². The second-order valence-electron chi connectivity index (χ2n) is 10.9. The van der Waals surface area contributed by atoms with Crippen LogP contribution in [0.4, 0.5) is 0 Å². The number of aryl methyl sites for hydroxylation is 1. The highest BCUT2D eigenvalue weighted by atomic mass is 16.7. The highest BCUT2D eigenvalue weighted by Gasteiger charge is 2.24. The molecule has 0 amide bonds. The summed E-state index contributed by atoms with van der Waals surface area (Å²) in [4.78, 5) is 12.9. The van der Waals surface area contributed by atoms with E-state index in [-0.39, 0.29) is 11.9 Å². The van der Waals surface area contributed by atoms with E-state index in [2.05, 4.69) is 64.3 Å². The molecule has 0 radical (unpaired) electrons. The quantitative estimate of drug-likeness (QED) is 0.0909. The van der Waals surface area contributed by atoms with Gasteiger partial charge in [-0.3, -0.25) is 4.79 Å². The molecule has 0 bridgehead atoms. The van der Waals surface area contributed by atoms with Crippen LogP contribution in [0.15, 0.2) is 54.6 Å². The van der Waals surface area contributed by atoms with Crippen LogP contribution in [-0.2, 0) is 22.5 Å². The van der Waals surface area contributed by atoms with Gasteiger partial charge in [-0.2, -0.15) is 0 Å². The van der Waals surface area contributed by atoms with Gasteiger partial charge in [0.2, 0.25) is 6.29 Å². The van der Waals surface area contributed by atoms with Gasteiger partial charge < -0.3 is 14.0 Å². The Balaban J connectivity index is 1.82. The van der Waals surface area contributed by atoms with E-state index in [9.17, 15) is 4.79 Å². The van der Waals surface area contributed by atoms with Crippen LogP contribution >= 0.6 is 0 Å². The summed E-state index contributed by atoms with van der Waals surface area (Å²) in [5, 5.41) is 0. The van der Waals surface area contributed by atoms with Gasteiger partial charge in [-0.05, 0) is 37.0 Å². The molecule has 0 spiro atoms. The Morgan fingerprint density at radius 2 is 1.53 bits per heavy atom. The van der Waals surface area contributed by atoms with Crippen molar-refractivity contribution in [2.75, 3.05) is 20.6 Å². The number of hydrogen-bond acceptors (Lipinski definition) is 3. The van der Waals surface area contributed by atoms with Crippen LogP contribution in [0.5, 0.6) is 5.75 Å². The van der Waals surface area contributed by atoms with Gasteiger partial charge in [-0.1, -0.05) is 95.3 Å². The van der Waals surface area contributed by atoms with E-state index < -0.39 is 6.29 Å². The van der Waals surface area contributed by atoms with Gasteiger partial charge in [0.25, 0.3) is 0 Å². The molecule has 0 aliphatic carbocycles. The molecule has 2 aromatic carbocycles. The zero-order valence-electron chi connectivity index (χ0n) is 23.5. The number of quaternary nitrogens is 1. The van der Waals surface area contributed by atoms with Crippen molar-refractivity contribution in [1.82, 2.24) is 0 Å². The summed E-state index contributed by atoms with van der Waals surface area (Å²) in [6.45, 7) is 8.16. The molecule has 0 saturated heterocycles. The molecule has 0 aliphatic heterocycles. The number of esters is 1. The normalized spacial score (nSPS) is 13.2. The van der Waals surface area contributed by atoms with E-state index in [1.807, 2.05) is 25.1 Å². The molecule has 4 heteroatoms. The van der Waals surface area contributed by atoms with Gasteiger partial charge in [-0.25, -0.2) is 0 Å². The lowest BCUT2D eigenvalue weighted by molar-refractivity contribution is -0.904. The summed E-state index contributed by atoms with van der Waals surface area (Å²) < 4.78 is 12.8. The average Bonchev–Trinajstić information content (AvgIpc) is 2.85. The number of ether oxygens (including phenoxy) is 2. The SMILES string of the molecule is CCCCCCCCc1cccc(OC(CCC)OC(=O)C(C)CC[N+](C)(C)Cc2ccccc2)c1. The second-order valence-corrected chi connectivity index (χ2v) is 10.9. The van der Waals surface area contributed by atoms with Crippen LogP contribution in [0.1, 0.15) is 89.7 Å². The number of benzene rings is 2. The first-order chi connectivity index (χ1) is 17.3. The first-order valence-electron chi connectivity index (χ1n) is 14.1. The van der Waals surface area contributed by atoms with Gasteiger partial charge in [0, 0.05) is 18.4 Å². The van der Waals surface area contributed by atoms with E-state index in [1.54, 1.807) is 0 Å². The summed E-state index contributed by atoms with van der Waals surface area (Å²) in [6, 6.07) is 18.8. The molecule has 0 N–H and O–H groups in total. The Labute approximate surface area is 220 Å². The van der Waals surface area contributed by atoms with Crippen LogP contribution in [0.25, 0.3) is 0 Å². The summed E-state index contributed by atoms with van der Waals surface area (Å²) in [7, 11) is 4.43. The average molecular weight is 497 g/mol. The lowest BCUT2D eigenvalue weighted by atomic mass is 10.0. The highest BCUT2D eigenvalue weighted by Crippen LogP contribution is 2.21. The van der Waals surface area contributed by atoms with Crippen molar-refractivity contribution in [2.45, 2.75) is 97.8 Å². The molecular weight excluding hydrogens is 446 g/mol. The molecule has 4 nitrogen and oxygen atoms in total. The Hall–Kier alpha value is -2.33. The van der Waals surface area contributed by atoms with Crippen molar-refractivity contribution in [3.63, 3.8) is 0 Å². The fourth-order valence-electron chi connectivity index (χ4n) is 4.48. The predicted octanol–water partition coefficient (Wildman–Crippen LogP) is 7.94. The molecule has 200 valence electrons. The minimum absolute atomic E-state index is 0.167. The van der Waals surface area contributed by atoms with E-state index in [0.717, 1.165) is 42.6 Å². The maximum absolute atomic E-state index is 12.9.